The SMILES string of the molecule is C=C(O)C(=O)C(C)O.CC(=O)/C(O)=C(\C)O.CC(=O)C(=O)C(C)O.CC(O)/C(O)=C(/O)CN(C)C.CC(O)C(O)/C(O)=C/N(C)C.CC(O)C(O)C(=O)CN(C)C.CC(O)C=C(O)CN(C)C.CC(O)CC(=O)C=O.CC=CC(=O)C=O.O.O. The van der Waals surface area contributed by atoms with Crippen LogP contribution in [0.3, 0.4) is 0 Å². The van der Waals surface area contributed by atoms with E-state index in [1.165, 1.54) is 79.8 Å². The number of nitrogens with zero attached hydrogens (tertiary/aromatic N) is 4. The van der Waals surface area contributed by atoms with Gasteiger partial charge in [-0.3, -0.25) is 43.2 Å². The van der Waals surface area contributed by atoms with E-state index in [4.69, 9.17) is 81.7 Å². The van der Waals surface area contributed by atoms with E-state index in [0.29, 0.717) is 6.54 Å². The molecule has 496 valence electrons. The zero-order valence-corrected chi connectivity index (χ0v) is 51.8. The third kappa shape index (κ3) is 79.5. The van der Waals surface area contributed by atoms with E-state index in [1.54, 1.807) is 70.8 Å². The van der Waals surface area contributed by atoms with Crippen LogP contribution in [0.25, 0.3) is 0 Å². The molecule has 20 N–H and O–H groups in total. The van der Waals surface area contributed by atoms with Crippen LogP contribution in [0.4, 0.5) is 0 Å². The monoisotopic (exact) mass is 1230 g/mol. The van der Waals surface area contributed by atoms with Gasteiger partial charge in [-0.1, -0.05) is 12.7 Å². The van der Waals surface area contributed by atoms with E-state index in [-0.39, 0.29) is 77.6 Å². The van der Waals surface area contributed by atoms with Gasteiger partial charge in [0.15, 0.2) is 53.0 Å². The third-order valence-corrected chi connectivity index (χ3v) is 7.62. The van der Waals surface area contributed by atoms with Crippen molar-refractivity contribution in [2.75, 3.05) is 76.0 Å². The quantitative estimate of drug-likeness (QED) is 0.0224. The van der Waals surface area contributed by atoms with Gasteiger partial charge in [0.1, 0.15) is 53.6 Å². The number of hydrogen-bond donors (Lipinski definition) is 16. The lowest BCUT2D eigenvalue weighted by Crippen LogP contribution is -2.37. The van der Waals surface area contributed by atoms with Gasteiger partial charge in [0, 0.05) is 40.6 Å². The van der Waals surface area contributed by atoms with E-state index < -0.39 is 101 Å². The van der Waals surface area contributed by atoms with Gasteiger partial charge in [0.2, 0.25) is 17.3 Å². The fourth-order valence-electron chi connectivity index (χ4n) is 3.87. The number of ketones is 7. The van der Waals surface area contributed by atoms with Gasteiger partial charge >= 0.3 is 0 Å². The first kappa shape index (κ1) is 102. The second-order valence-corrected chi connectivity index (χ2v) is 18.2. The molecule has 0 bridgehead atoms. The number of Topliss-reactive ketones (excluding diaryl/α,β-unsaturated/α-hetero) is 6. The maximum absolute atomic E-state index is 10.9. The molecule has 0 heterocycles. The number of carbonyl (C=O) groups excluding carboxylic acids is 9. The standard InChI is InChI=1S/3C7H15NO3.C7H15NO2.4C5H8O3.C5H6O2.2H2O/c3*1-5(9)7(11)6(10)4-8(2)3;1-6(9)4-7(10)5-8(2)3;1-4(7)2-5(8)3-6;3*1-3(6)5(8)4(2)7;1-2-3-5(7)4-6;;/h5,9-11H,4H2,1-3H3;5,7,9,11H,4H2,1-3H3;4-5,7,9-11H,1-3H3;4,6,9-10H,5H2,1-3H3;3-4,7H,2H2,1H3;6,8H,1-2H3;3,6H,1-2H3;4,6-7H,1H2,2H3;2-4H,1H3;2*1H2/b7-6-;;6-4-;;;5-3-;;;;;. The molecular formula is C53H102N4O27. The Morgan fingerprint density at radius 3 is 1.10 bits per heavy atom. The molecule has 9 unspecified atom stereocenters. The predicted molar refractivity (Wildman–Crippen MR) is 312 cm³/mol. The molecule has 0 radical (unpaired) electrons. The Kier molecular flexibility index (Phi) is 74.2. The van der Waals surface area contributed by atoms with E-state index in [0.717, 1.165) is 6.92 Å². The van der Waals surface area contributed by atoms with Crippen molar-refractivity contribution in [3.05, 3.63) is 71.3 Å². The molecule has 0 saturated heterocycles. The molecular weight excluding hydrogens is 1120 g/mol. The lowest BCUT2D eigenvalue weighted by atomic mass is 10.1. The molecule has 0 saturated carbocycles. The summed E-state index contributed by atoms with van der Waals surface area (Å²) in [6, 6.07) is 0. The topological polar surface area (TPSA) is 553 Å². The minimum atomic E-state index is -1.25. The molecule has 0 aromatic carbocycles. The molecule has 84 heavy (non-hydrogen) atoms. The third-order valence-electron chi connectivity index (χ3n) is 7.62. The molecule has 0 aromatic rings. The molecule has 31 heteroatoms. The summed E-state index contributed by atoms with van der Waals surface area (Å²) >= 11 is 0. The summed E-state index contributed by atoms with van der Waals surface area (Å²) < 4.78 is 0. The fourth-order valence-corrected chi connectivity index (χ4v) is 3.87. The van der Waals surface area contributed by atoms with E-state index in [1.807, 2.05) is 19.0 Å². The molecule has 0 aliphatic carbocycles. The molecule has 0 aliphatic rings. The van der Waals surface area contributed by atoms with Crippen molar-refractivity contribution in [3.63, 3.8) is 0 Å². The Morgan fingerprint density at radius 1 is 0.536 bits per heavy atom. The fraction of sp³-hybridized carbons (Fsp3) is 0.604. The van der Waals surface area contributed by atoms with Crippen molar-refractivity contribution >= 4 is 53.1 Å². The number of allylic oxidation sites excluding steroid dienone is 4. The maximum atomic E-state index is 10.9. The van der Waals surface area contributed by atoms with E-state index in [2.05, 4.69) is 6.58 Å². The van der Waals surface area contributed by atoms with E-state index >= 15 is 0 Å². The lowest BCUT2D eigenvalue weighted by molar-refractivity contribution is -0.139. The van der Waals surface area contributed by atoms with Crippen molar-refractivity contribution in [2.45, 2.75) is 138 Å². The van der Waals surface area contributed by atoms with Gasteiger partial charge in [-0.15, -0.1) is 0 Å². The predicted octanol–water partition coefficient (Wildman–Crippen LogP) is -2.16. The summed E-state index contributed by atoms with van der Waals surface area (Å²) in [4.78, 5) is 97.5. The smallest absolute Gasteiger partial charge is 0.226 e. The Morgan fingerprint density at radius 2 is 0.929 bits per heavy atom. The van der Waals surface area contributed by atoms with Crippen LogP contribution in [0, 0.1) is 0 Å². The van der Waals surface area contributed by atoms with Gasteiger partial charge < -0.3 is 112 Å². The Balaban J connectivity index is -0.0000000794. The molecule has 0 fully saturated rings. The second-order valence-electron chi connectivity index (χ2n) is 18.2. The highest BCUT2D eigenvalue weighted by Crippen LogP contribution is 2.04. The first-order valence-electron chi connectivity index (χ1n) is 24.3. The van der Waals surface area contributed by atoms with Gasteiger partial charge in [-0.05, 0) is 117 Å². The summed E-state index contributed by atoms with van der Waals surface area (Å²) in [5, 5.41) is 140. The Labute approximate surface area is 492 Å². The van der Waals surface area contributed by atoms with E-state index in [9.17, 15) is 43.2 Å². The lowest BCUT2D eigenvalue weighted by Gasteiger charge is -2.14. The van der Waals surface area contributed by atoms with Gasteiger partial charge in [-0.25, -0.2) is 0 Å². The summed E-state index contributed by atoms with van der Waals surface area (Å²) in [5.74, 6) is -6.05. The van der Waals surface area contributed by atoms with Gasteiger partial charge in [-0.2, -0.15) is 0 Å². The number of aliphatic hydroxyl groups is 16. The van der Waals surface area contributed by atoms with Gasteiger partial charge in [0.25, 0.3) is 0 Å². The number of aliphatic hydroxyl groups excluding tert-OH is 16. The largest absolute Gasteiger partial charge is 0.511 e. The van der Waals surface area contributed by atoms with Crippen LogP contribution in [0.15, 0.2) is 71.3 Å². The van der Waals surface area contributed by atoms with Crippen LogP contribution in [0.5, 0.6) is 0 Å². The van der Waals surface area contributed by atoms with Crippen molar-refractivity contribution in [2.24, 2.45) is 0 Å². The average molecular weight is 1230 g/mol. The molecule has 0 spiro atoms. The minimum absolute atomic E-state index is 0. The molecule has 0 amide bonds. The summed E-state index contributed by atoms with van der Waals surface area (Å²) in [7, 11) is 14.1. The normalized spacial score (nSPS) is 14.2. The number of carbonyl (C=O) groups is 9. The highest BCUT2D eigenvalue weighted by atomic mass is 16.4. The molecule has 0 aliphatic heterocycles. The number of likely N-dealkylation sites (N-methyl/N-ethyl adjacent to an activating group) is 3. The number of hydrogen-bond acceptors (Lipinski definition) is 29. The minimum Gasteiger partial charge on any atom is -0.511 e. The first-order chi connectivity index (χ1) is 37.0. The van der Waals surface area contributed by atoms with Crippen molar-refractivity contribution in [1.82, 2.24) is 19.6 Å². The summed E-state index contributed by atoms with van der Waals surface area (Å²) in [6.45, 7) is 18.8. The highest BCUT2D eigenvalue weighted by molar-refractivity contribution is 6.37. The Bertz CT molecular complexity index is 1970. The molecule has 0 aromatic heterocycles. The van der Waals surface area contributed by atoms with Crippen LogP contribution in [0.2, 0.25) is 0 Å². The van der Waals surface area contributed by atoms with Crippen LogP contribution < -0.4 is 0 Å². The van der Waals surface area contributed by atoms with Crippen molar-refractivity contribution < 1.29 is 136 Å². The van der Waals surface area contributed by atoms with Crippen LogP contribution in [0.1, 0.15) is 82.6 Å². The average Bonchev–Trinajstić information content (AvgIpc) is 3.32. The van der Waals surface area contributed by atoms with Crippen LogP contribution >= 0.6 is 0 Å². The maximum Gasteiger partial charge on any atom is 0.226 e. The Hall–Kier alpha value is -6.69. The summed E-state index contributed by atoms with van der Waals surface area (Å²) in [6.07, 6.45) is -3.02. The highest BCUT2D eigenvalue weighted by Gasteiger charge is 2.20. The zero-order valence-electron chi connectivity index (χ0n) is 51.8. The molecule has 9 atom stereocenters. The molecule has 0 rings (SSSR count). The first-order valence-corrected chi connectivity index (χ1v) is 24.3. The zero-order chi connectivity index (χ0) is 67.7. The molecule has 31 nitrogen and oxygen atoms in total. The summed E-state index contributed by atoms with van der Waals surface area (Å²) in [5.41, 5.74) is 0. The number of aldehydes is 2. The van der Waals surface area contributed by atoms with Crippen molar-refractivity contribution in [1.29, 1.82) is 0 Å². The van der Waals surface area contributed by atoms with Crippen LogP contribution in [-0.4, -0.2) is 296 Å². The van der Waals surface area contributed by atoms with Crippen LogP contribution in [-0.2, 0) is 43.2 Å². The number of rotatable bonds is 23. The van der Waals surface area contributed by atoms with Gasteiger partial charge in [0.05, 0.1) is 44.1 Å². The second kappa shape index (κ2) is 60.9. The van der Waals surface area contributed by atoms with Crippen molar-refractivity contribution in [3.8, 4) is 0 Å².